The maximum absolute atomic E-state index is 11.6. The summed E-state index contributed by atoms with van der Waals surface area (Å²) in [5.74, 6) is 1.35. The Labute approximate surface area is 96.8 Å². The van der Waals surface area contributed by atoms with Gasteiger partial charge in [-0.2, -0.15) is 0 Å². The average Bonchev–Trinajstić information content (AvgIpc) is 2.58. The van der Waals surface area contributed by atoms with Gasteiger partial charge in [0.15, 0.2) is 0 Å². The van der Waals surface area contributed by atoms with Crippen LogP contribution in [0.2, 0.25) is 0 Å². The molecule has 4 nitrogen and oxygen atoms in total. The first kappa shape index (κ1) is 11.9. The molecule has 2 fully saturated rings. The summed E-state index contributed by atoms with van der Waals surface area (Å²) in [6.07, 6.45) is 4.70. The summed E-state index contributed by atoms with van der Waals surface area (Å²) in [5.41, 5.74) is 5.70. The summed E-state index contributed by atoms with van der Waals surface area (Å²) in [6.45, 7) is 2.13. The minimum absolute atomic E-state index is 0.113. The first-order chi connectivity index (χ1) is 7.69. The molecule has 2 aliphatic rings. The van der Waals surface area contributed by atoms with Crippen LogP contribution in [0.3, 0.4) is 0 Å². The number of carbonyl (C=O) groups excluding carboxylic acids is 1. The van der Waals surface area contributed by atoms with E-state index in [-0.39, 0.29) is 5.91 Å². The van der Waals surface area contributed by atoms with Crippen molar-refractivity contribution in [3.63, 3.8) is 0 Å². The number of likely N-dealkylation sites (tertiary alicyclic amines) is 1. The van der Waals surface area contributed by atoms with Gasteiger partial charge >= 0.3 is 0 Å². The molecule has 0 bridgehead atoms. The molecule has 1 heterocycles. The molecular formula is C12H22N2O2. The molecule has 16 heavy (non-hydrogen) atoms. The third-order valence-electron chi connectivity index (χ3n) is 3.90. The van der Waals surface area contributed by atoms with E-state index in [1.54, 1.807) is 0 Å². The van der Waals surface area contributed by atoms with E-state index in [0.29, 0.717) is 24.8 Å². The SMILES string of the molecule is NC[C@@H]1CCC[C@H](CN2CC(O)CC2=O)C1. The Morgan fingerprint density at radius 3 is 2.75 bits per heavy atom. The average molecular weight is 226 g/mol. The molecule has 2 rings (SSSR count). The number of β-amino-alcohol motifs (C(OH)–C–C–N with tert-alkyl or cyclic N) is 1. The van der Waals surface area contributed by atoms with Crippen LogP contribution in [0, 0.1) is 11.8 Å². The standard InChI is InChI=1S/C12H22N2O2/c13-6-9-2-1-3-10(4-9)7-14-8-11(15)5-12(14)16/h9-11,15H,1-8,13H2/t9-,10+,11?/m1/s1. The van der Waals surface area contributed by atoms with E-state index in [4.69, 9.17) is 5.73 Å². The van der Waals surface area contributed by atoms with Crippen molar-refractivity contribution < 1.29 is 9.90 Å². The molecule has 1 aliphatic heterocycles. The topological polar surface area (TPSA) is 66.6 Å². The molecule has 4 heteroatoms. The Kier molecular flexibility index (Phi) is 3.82. The Bertz CT molecular complexity index is 257. The lowest BCUT2D eigenvalue weighted by Crippen LogP contribution is -2.34. The Hall–Kier alpha value is -0.610. The van der Waals surface area contributed by atoms with Crippen LogP contribution in [-0.2, 0) is 4.79 Å². The second kappa shape index (κ2) is 5.15. The molecule has 0 aromatic heterocycles. The van der Waals surface area contributed by atoms with Crippen molar-refractivity contribution in [1.82, 2.24) is 4.90 Å². The van der Waals surface area contributed by atoms with Crippen molar-refractivity contribution in [2.24, 2.45) is 17.6 Å². The van der Waals surface area contributed by atoms with E-state index in [2.05, 4.69) is 0 Å². The van der Waals surface area contributed by atoms with Gasteiger partial charge in [0.05, 0.1) is 12.5 Å². The molecule has 0 aromatic rings. The summed E-state index contributed by atoms with van der Waals surface area (Å²) in [6, 6.07) is 0. The zero-order valence-corrected chi connectivity index (χ0v) is 9.77. The van der Waals surface area contributed by atoms with E-state index < -0.39 is 6.10 Å². The third-order valence-corrected chi connectivity index (χ3v) is 3.90. The number of amides is 1. The molecule has 0 aromatic carbocycles. The van der Waals surface area contributed by atoms with Gasteiger partial charge < -0.3 is 15.7 Å². The quantitative estimate of drug-likeness (QED) is 0.729. The highest BCUT2D eigenvalue weighted by molar-refractivity contribution is 5.79. The molecule has 1 saturated heterocycles. The number of rotatable bonds is 3. The summed E-state index contributed by atoms with van der Waals surface area (Å²) >= 11 is 0. The predicted octanol–water partition coefficient (Wildman–Crippen LogP) is 0.345. The fourth-order valence-corrected chi connectivity index (χ4v) is 3.02. The lowest BCUT2D eigenvalue weighted by molar-refractivity contribution is -0.128. The van der Waals surface area contributed by atoms with Crippen molar-refractivity contribution in [1.29, 1.82) is 0 Å². The summed E-state index contributed by atoms with van der Waals surface area (Å²) in [5, 5.41) is 9.42. The van der Waals surface area contributed by atoms with Crippen LogP contribution < -0.4 is 5.73 Å². The Morgan fingerprint density at radius 1 is 1.38 bits per heavy atom. The highest BCUT2D eigenvalue weighted by atomic mass is 16.3. The van der Waals surface area contributed by atoms with Crippen molar-refractivity contribution in [2.75, 3.05) is 19.6 Å². The number of aliphatic hydroxyl groups excluding tert-OH is 1. The number of nitrogens with two attached hydrogens (primary N) is 1. The Balaban J connectivity index is 1.82. The largest absolute Gasteiger partial charge is 0.391 e. The van der Waals surface area contributed by atoms with Crippen molar-refractivity contribution in [3.8, 4) is 0 Å². The highest BCUT2D eigenvalue weighted by Crippen LogP contribution is 2.29. The van der Waals surface area contributed by atoms with Gasteiger partial charge in [0.25, 0.3) is 0 Å². The molecular weight excluding hydrogens is 204 g/mol. The molecule has 0 spiro atoms. The maximum atomic E-state index is 11.6. The third kappa shape index (κ3) is 2.74. The molecule has 3 atom stereocenters. The number of hydrogen-bond donors (Lipinski definition) is 2. The van der Waals surface area contributed by atoms with Gasteiger partial charge in [-0.25, -0.2) is 0 Å². The molecule has 0 radical (unpaired) electrons. The highest BCUT2D eigenvalue weighted by Gasteiger charge is 2.31. The van der Waals surface area contributed by atoms with E-state index in [1.807, 2.05) is 4.90 Å². The van der Waals surface area contributed by atoms with Crippen LogP contribution in [0.15, 0.2) is 0 Å². The number of aliphatic hydroxyl groups is 1. The fraction of sp³-hybridized carbons (Fsp3) is 0.917. The maximum Gasteiger partial charge on any atom is 0.225 e. The van der Waals surface area contributed by atoms with E-state index in [0.717, 1.165) is 19.5 Å². The van der Waals surface area contributed by atoms with E-state index in [9.17, 15) is 9.90 Å². The lowest BCUT2D eigenvalue weighted by atomic mass is 9.81. The van der Waals surface area contributed by atoms with Gasteiger partial charge in [-0.05, 0) is 37.6 Å². The normalized spacial score (nSPS) is 35.8. The van der Waals surface area contributed by atoms with E-state index in [1.165, 1.54) is 19.3 Å². The van der Waals surface area contributed by atoms with Crippen LogP contribution in [-0.4, -0.2) is 41.7 Å². The minimum atomic E-state index is -0.443. The molecule has 1 aliphatic carbocycles. The molecule has 1 amide bonds. The first-order valence-corrected chi connectivity index (χ1v) is 6.35. The summed E-state index contributed by atoms with van der Waals surface area (Å²) < 4.78 is 0. The second-order valence-corrected chi connectivity index (χ2v) is 5.29. The zero-order valence-electron chi connectivity index (χ0n) is 9.77. The molecule has 1 unspecified atom stereocenters. The zero-order chi connectivity index (χ0) is 11.5. The van der Waals surface area contributed by atoms with Crippen LogP contribution >= 0.6 is 0 Å². The van der Waals surface area contributed by atoms with Gasteiger partial charge in [0, 0.05) is 13.1 Å². The van der Waals surface area contributed by atoms with Crippen LogP contribution in [0.25, 0.3) is 0 Å². The lowest BCUT2D eigenvalue weighted by Gasteiger charge is -2.31. The van der Waals surface area contributed by atoms with Gasteiger partial charge in [0.1, 0.15) is 0 Å². The van der Waals surface area contributed by atoms with Crippen molar-refractivity contribution >= 4 is 5.91 Å². The smallest absolute Gasteiger partial charge is 0.225 e. The van der Waals surface area contributed by atoms with Crippen LogP contribution in [0.5, 0.6) is 0 Å². The number of hydrogen-bond acceptors (Lipinski definition) is 3. The molecule has 92 valence electrons. The van der Waals surface area contributed by atoms with Gasteiger partial charge in [-0.1, -0.05) is 6.42 Å². The van der Waals surface area contributed by atoms with Gasteiger partial charge in [0.2, 0.25) is 5.91 Å². The number of carbonyl (C=O) groups is 1. The fourth-order valence-electron chi connectivity index (χ4n) is 3.02. The van der Waals surface area contributed by atoms with Gasteiger partial charge in [-0.15, -0.1) is 0 Å². The van der Waals surface area contributed by atoms with Crippen molar-refractivity contribution in [3.05, 3.63) is 0 Å². The summed E-state index contributed by atoms with van der Waals surface area (Å²) in [7, 11) is 0. The number of nitrogens with zero attached hydrogens (tertiary/aromatic N) is 1. The molecule has 3 N–H and O–H groups in total. The molecule has 1 saturated carbocycles. The van der Waals surface area contributed by atoms with Crippen molar-refractivity contribution in [2.45, 2.75) is 38.2 Å². The Morgan fingerprint density at radius 2 is 2.12 bits per heavy atom. The van der Waals surface area contributed by atoms with Crippen LogP contribution in [0.4, 0.5) is 0 Å². The second-order valence-electron chi connectivity index (χ2n) is 5.29. The summed E-state index contributed by atoms with van der Waals surface area (Å²) in [4.78, 5) is 13.4. The minimum Gasteiger partial charge on any atom is -0.391 e. The van der Waals surface area contributed by atoms with Gasteiger partial charge in [-0.3, -0.25) is 4.79 Å². The van der Waals surface area contributed by atoms with Crippen LogP contribution in [0.1, 0.15) is 32.1 Å². The first-order valence-electron chi connectivity index (χ1n) is 6.35. The monoisotopic (exact) mass is 226 g/mol. The predicted molar refractivity (Wildman–Crippen MR) is 61.7 cm³/mol. The van der Waals surface area contributed by atoms with E-state index >= 15 is 0 Å².